The van der Waals surface area contributed by atoms with Crippen molar-refractivity contribution in [2.75, 3.05) is 6.61 Å². The van der Waals surface area contributed by atoms with Gasteiger partial charge in [-0.25, -0.2) is 4.39 Å². The minimum Gasteiger partial charge on any atom is -0.466 e. The molecule has 2 rings (SSSR count). The van der Waals surface area contributed by atoms with Crippen LogP contribution in [0.5, 0.6) is 0 Å². The van der Waals surface area contributed by atoms with Crippen LogP contribution in [-0.2, 0) is 9.53 Å². The summed E-state index contributed by atoms with van der Waals surface area (Å²) in [5.41, 5.74) is 0.773. The average Bonchev–Trinajstić information content (AvgIpc) is 2.99. The van der Waals surface area contributed by atoms with E-state index in [2.05, 4.69) is 4.98 Å². The van der Waals surface area contributed by atoms with Crippen molar-refractivity contribution < 1.29 is 13.9 Å². The molecule has 0 saturated heterocycles. The lowest BCUT2D eigenvalue weighted by atomic mass is 10.2. The summed E-state index contributed by atoms with van der Waals surface area (Å²) in [6.45, 7) is 2.18. The van der Waals surface area contributed by atoms with Crippen molar-refractivity contribution in [2.24, 2.45) is 5.92 Å². The van der Waals surface area contributed by atoms with E-state index in [0.717, 1.165) is 12.1 Å². The second kappa shape index (κ2) is 3.96. The van der Waals surface area contributed by atoms with Crippen LogP contribution in [0.3, 0.4) is 0 Å². The van der Waals surface area contributed by atoms with Crippen LogP contribution in [0.15, 0.2) is 18.3 Å². The van der Waals surface area contributed by atoms with Gasteiger partial charge in [0, 0.05) is 11.6 Å². The molecule has 4 heteroatoms. The number of rotatable bonds is 3. The van der Waals surface area contributed by atoms with Gasteiger partial charge in [-0.2, -0.15) is 0 Å². The van der Waals surface area contributed by atoms with Gasteiger partial charge < -0.3 is 4.74 Å². The molecule has 1 saturated carbocycles. The van der Waals surface area contributed by atoms with Gasteiger partial charge >= 0.3 is 5.97 Å². The molecular formula is C11H12FNO2. The fraction of sp³-hybridized carbons (Fsp3) is 0.455. The van der Waals surface area contributed by atoms with Crippen molar-refractivity contribution in [2.45, 2.75) is 19.3 Å². The Balaban J connectivity index is 1.98. The maximum absolute atomic E-state index is 12.6. The highest BCUT2D eigenvalue weighted by molar-refractivity contribution is 5.77. The first-order valence-corrected chi connectivity index (χ1v) is 5.00. The zero-order valence-corrected chi connectivity index (χ0v) is 8.44. The van der Waals surface area contributed by atoms with Crippen LogP contribution in [0, 0.1) is 11.7 Å². The summed E-state index contributed by atoms with van der Waals surface area (Å²) >= 11 is 0. The predicted molar refractivity (Wildman–Crippen MR) is 51.7 cm³/mol. The van der Waals surface area contributed by atoms with Gasteiger partial charge in [0.05, 0.1) is 18.7 Å². The lowest BCUT2D eigenvalue weighted by Gasteiger charge is -2.00. The van der Waals surface area contributed by atoms with Crippen LogP contribution in [0.25, 0.3) is 0 Å². The molecule has 1 heterocycles. The first kappa shape index (κ1) is 10.1. The molecular weight excluding hydrogens is 197 g/mol. The summed E-state index contributed by atoms with van der Waals surface area (Å²) in [5, 5.41) is 0. The van der Waals surface area contributed by atoms with Crippen molar-refractivity contribution in [3.63, 3.8) is 0 Å². The second-order valence-corrected chi connectivity index (χ2v) is 3.60. The van der Waals surface area contributed by atoms with E-state index in [1.165, 1.54) is 12.3 Å². The van der Waals surface area contributed by atoms with E-state index in [1.54, 1.807) is 13.0 Å². The van der Waals surface area contributed by atoms with Crippen molar-refractivity contribution >= 4 is 5.97 Å². The first-order chi connectivity index (χ1) is 7.22. The Bertz CT molecular complexity index is 363. The third kappa shape index (κ3) is 2.14. The quantitative estimate of drug-likeness (QED) is 0.713. The molecule has 1 aromatic heterocycles. The zero-order valence-electron chi connectivity index (χ0n) is 8.44. The molecule has 1 aromatic rings. The van der Waals surface area contributed by atoms with Gasteiger partial charge in [-0.05, 0) is 25.5 Å². The number of ether oxygens (including phenoxy) is 1. The predicted octanol–water partition coefficient (Wildman–Crippen LogP) is 1.89. The van der Waals surface area contributed by atoms with Gasteiger partial charge in [0.2, 0.25) is 0 Å². The van der Waals surface area contributed by atoms with E-state index in [0.29, 0.717) is 6.61 Å². The van der Waals surface area contributed by atoms with E-state index < -0.39 is 0 Å². The van der Waals surface area contributed by atoms with Crippen LogP contribution in [-0.4, -0.2) is 17.6 Å². The highest BCUT2D eigenvalue weighted by Gasteiger charge is 2.46. The van der Waals surface area contributed by atoms with Crippen LogP contribution in [0.1, 0.15) is 25.0 Å². The molecule has 0 aliphatic heterocycles. The molecule has 0 radical (unpaired) electrons. The van der Waals surface area contributed by atoms with E-state index in [9.17, 15) is 9.18 Å². The molecule has 0 amide bonds. The normalized spacial score (nSPS) is 23.6. The van der Waals surface area contributed by atoms with Crippen molar-refractivity contribution in [1.29, 1.82) is 0 Å². The highest BCUT2D eigenvalue weighted by atomic mass is 19.1. The fourth-order valence-electron chi connectivity index (χ4n) is 1.64. The van der Waals surface area contributed by atoms with Crippen molar-refractivity contribution in [3.05, 3.63) is 29.8 Å². The van der Waals surface area contributed by atoms with Gasteiger partial charge in [-0.3, -0.25) is 9.78 Å². The summed E-state index contributed by atoms with van der Waals surface area (Å²) in [7, 11) is 0. The minimum absolute atomic E-state index is 0.0806. The summed E-state index contributed by atoms with van der Waals surface area (Å²) in [6.07, 6.45) is 1.94. The molecule has 80 valence electrons. The Kier molecular flexibility index (Phi) is 2.66. The lowest BCUT2D eigenvalue weighted by molar-refractivity contribution is -0.144. The molecule has 1 fully saturated rings. The van der Waals surface area contributed by atoms with E-state index >= 15 is 0 Å². The number of aromatic nitrogens is 1. The number of esters is 1. The third-order valence-electron chi connectivity index (χ3n) is 2.51. The molecule has 0 N–H and O–H groups in total. The van der Waals surface area contributed by atoms with Crippen LogP contribution in [0.2, 0.25) is 0 Å². The summed E-state index contributed by atoms with van der Waals surface area (Å²) in [5.74, 6) is -0.492. The smallest absolute Gasteiger partial charge is 0.309 e. The maximum atomic E-state index is 12.6. The summed E-state index contributed by atoms with van der Waals surface area (Å²) < 4.78 is 17.5. The number of carbonyl (C=O) groups is 1. The standard InChI is InChI=1S/C11H12FNO2/c1-2-15-11(14)9-5-8(9)10-4-3-7(12)6-13-10/h3-4,6,8-9H,2,5H2,1H3/t8-,9+/m1/s1. The largest absolute Gasteiger partial charge is 0.466 e. The zero-order chi connectivity index (χ0) is 10.8. The van der Waals surface area contributed by atoms with E-state index in [4.69, 9.17) is 4.74 Å². The van der Waals surface area contributed by atoms with Crippen molar-refractivity contribution in [1.82, 2.24) is 4.98 Å². The maximum Gasteiger partial charge on any atom is 0.309 e. The van der Waals surface area contributed by atoms with Crippen LogP contribution in [0.4, 0.5) is 4.39 Å². The Morgan fingerprint density at radius 3 is 3.07 bits per heavy atom. The molecule has 0 spiro atoms. The van der Waals surface area contributed by atoms with Gasteiger partial charge in [0.15, 0.2) is 0 Å². The number of hydrogen-bond acceptors (Lipinski definition) is 3. The molecule has 1 aliphatic carbocycles. The summed E-state index contributed by atoms with van der Waals surface area (Å²) in [4.78, 5) is 15.3. The first-order valence-electron chi connectivity index (χ1n) is 5.00. The monoisotopic (exact) mass is 209 g/mol. The minimum atomic E-state index is -0.355. The number of pyridine rings is 1. The fourth-order valence-corrected chi connectivity index (χ4v) is 1.64. The number of nitrogens with zero attached hydrogens (tertiary/aromatic N) is 1. The van der Waals surface area contributed by atoms with Gasteiger partial charge in [-0.1, -0.05) is 0 Å². The highest BCUT2D eigenvalue weighted by Crippen LogP contribution is 2.47. The molecule has 0 unspecified atom stereocenters. The van der Waals surface area contributed by atoms with Crippen LogP contribution >= 0.6 is 0 Å². The third-order valence-corrected chi connectivity index (χ3v) is 2.51. The Morgan fingerprint density at radius 2 is 2.47 bits per heavy atom. The van der Waals surface area contributed by atoms with E-state index in [1.807, 2.05) is 0 Å². The average molecular weight is 209 g/mol. The number of hydrogen-bond donors (Lipinski definition) is 0. The van der Waals surface area contributed by atoms with Gasteiger partial charge in [-0.15, -0.1) is 0 Å². The number of carbonyl (C=O) groups excluding carboxylic acids is 1. The molecule has 0 aromatic carbocycles. The molecule has 3 nitrogen and oxygen atoms in total. The summed E-state index contributed by atoms with van der Waals surface area (Å²) in [6, 6.07) is 2.99. The Morgan fingerprint density at radius 1 is 1.67 bits per heavy atom. The van der Waals surface area contributed by atoms with E-state index in [-0.39, 0.29) is 23.6 Å². The molecule has 0 bridgehead atoms. The SMILES string of the molecule is CCOC(=O)[C@H]1C[C@H]1c1ccc(F)cn1. The van der Waals surface area contributed by atoms with Crippen molar-refractivity contribution in [3.8, 4) is 0 Å². The Labute approximate surface area is 87.3 Å². The topological polar surface area (TPSA) is 39.2 Å². The lowest BCUT2D eigenvalue weighted by Crippen LogP contribution is -2.07. The molecule has 2 atom stereocenters. The second-order valence-electron chi connectivity index (χ2n) is 3.60. The van der Waals surface area contributed by atoms with Gasteiger partial charge in [0.25, 0.3) is 0 Å². The molecule has 1 aliphatic rings. The van der Waals surface area contributed by atoms with Gasteiger partial charge in [0.1, 0.15) is 5.82 Å². The molecule has 15 heavy (non-hydrogen) atoms. The van der Waals surface area contributed by atoms with Crippen LogP contribution < -0.4 is 0 Å². The number of halogens is 1. The Hall–Kier alpha value is -1.45.